The Morgan fingerprint density at radius 1 is 1.04 bits per heavy atom. The van der Waals surface area contributed by atoms with Crippen molar-refractivity contribution < 1.29 is 9.47 Å². The summed E-state index contributed by atoms with van der Waals surface area (Å²) in [6, 6.07) is 0. The van der Waals surface area contributed by atoms with E-state index in [9.17, 15) is 0 Å². The molecule has 1 fully saturated rings. The van der Waals surface area contributed by atoms with Crippen molar-refractivity contribution in [3.05, 3.63) is 0 Å². The van der Waals surface area contributed by atoms with E-state index in [1.165, 1.54) is 19.3 Å². The lowest BCUT2D eigenvalue weighted by Crippen LogP contribution is -2.47. The quantitative estimate of drug-likeness (QED) is 0.382. The third kappa shape index (κ3) is 6.60. The predicted octanol–water partition coefficient (Wildman–Crippen LogP) is 6.26. The normalized spacial score (nSPS) is 26.7. The number of hydrogen-bond acceptors (Lipinski definition) is 2. The minimum atomic E-state index is -0.0135. The lowest BCUT2D eigenvalue weighted by molar-refractivity contribution is -0.0807. The Labute approximate surface area is 160 Å². The fourth-order valence-corrected chi connectivity index (χ4v) is 4.93. The Bertz CT molecular complexity index is 333. The Morgan fingerprint density at radius 3 is 2.04 bits per heavy atom. The van der Waals surface area contributed by atoms with Gasteiger partial charge in [-0.1, -0.05) is 59.1 Å². The van der Waals surface area contributed by atoms with E-state index in [-0.39, 0.29) is 8.65 Å². The van der Waals surface area contributed by atoms with E-state index in [4.69, 9.17) is 9.47 Å². The molecule has 0 N–H and O–H groups in total. The number of alkyl halides is 2. The molecule has 1 aliphatic carbocycles. The van der Waals surface area contributed by atoms with Gasteiger partial charge in [0.1, 0.15) is 0 Å². The van der Waals surface area contributed by atoms with Crippen molar-refractivity contribution in [1.29, 1.82) is 0 Å². The van der Waals surface area contributed by atoms with E-state index < -0.39 is 0 Å². The molecular weight excluding hydrogens is 420 g/mol. The van der Waals surface area contributed by atoms with Crippen LogP contribution in [0.4, 0.5) is 0 Å². The Balaban J connectivity index is 3.10. The molecule has 23 heavy (non-hydrogen) atoms. The molecule has 0 radical (unpaired) electrons. The van der Waals surface area contributed by atoms with Crippen molar-refractivity contribution in [1.82, 2.24) is 0 Å². The summed E-state index contributed by atoms with van der Waals surface area (Å²) in [5.41, 5.74) is 0.107. The third-order valence-electron chi connectivity index (χ3n) is 5.73. The molecule has 0 aromatic rings. The summed E-state index contributed by atoms with van der Waals surface area (Å²) >= 11 is 7.50. The summed E-state index contributed by atoms with van der Waals surface area (Å²) in [5.74, 6) is 2.98. The second-order valence-corrected chi connectivity index (χ2v) is 12.8. The average Bonchev–Trinajstić information content (AvgIpc) is 2.44. The van der Waals surface area contributed by atoms with Gasteiger partial charge in [-0.2, -0.15) is 0 Å². The van der Waals surface area contributed by atoms with Gasteiger partial charge in [0.05, 0.1) is 16.4 Å². The largest absolute Gasteiger partial charge is 0.384 e. The van der Waals surface area contributed by atoms with Gasteiger partial charge in [0.2, 0.25) is 0 Å². The molecule has 0 heterocycles. The fourth-order valence-electron chi connectivity index (χ4n) is 4.54. The first-order valence-electron chi connectivity index (χ1n) is 9.01. The Morgan fingerprint density at radius 2 is 1.61 bits per heavy atom. The van der Waals surface area contributed by atoms with Gasteiger partial charge in [0.15, 0.2) is 0 Å². The van der Waals surface area contributed by atoms with E-state index in [1.54, 1.807) is 0 Å². The van der Waals surface area contributed by atoms with Crippen molar-refractivity contribution in [2.24, 2.45) is 29.1 Å². The van der Waals surface area contributed by atoms with E-state index in [0.717, 1.165) is 43.8 Å². The van der Waals surface area contributed by atoms with Gasteiger partial charge in [-0.3, -0.25) is 0 Å². The average molecular weight is 456 g/mol. The van der Waals surface area contributed by atoms with Crippen molar-refractivity contribution >= 4 is 31.9 Å². The molecule has 1 saturated carbocycles. The number of rotatable bonds is 9. The standard InChI is InChI=1S/C19H36Br2O2/c1-14(2)16-8-7-15(3)11-17(16)19(12-22-5,13-23-6)10-9-18(4,20)21/h14-17H,7-13H2,1-6H3. The van der Waals surface area contributed by atoms with Crippen LogP contribution in [0.3, 0.4) is 0 Å². The summed E-state index contributed by atoms with van der Waals surface area (Å²) in [7, 11) is 3.67. The second kappa shape index (κ2) is 9.54. The minimum Gasteiger partial charge on any atom is -0.384 e. The molecule has 0 spiro atoms. The molecule has 0 aliphatic heterocycles. The SMILES string of the molecule is COCC(CCC(C)(Br)Br)(COC)C1CC(C)CCC1C(C)C. The number of hydrogen-bond donors (Lipinski definition) is 0. The molecule has 0 bridgehead atoms. The first kappa shape index (κ1) is 21.9. The van der Waals surface area contributed by atoms with Crippen LogP contribution in [0.25, 0.3) is 0 Å². The van der Waals surface area contributed by atoms with E-state index >= 15 is 0 Å². The zero-order valence-corrected chi connectivity index (χ0v) is 19.0. The topological polar surface area (TPSA) is 18.5 Å². The van der Waals surface area contributed by atoms with E-state index in [2.05, 4.69) is 59.6 Å². The van der Waals surface area contributed by atoms with Crippen LogP contribution < -0.4 is 0 Å². The minimum absolute atomic E-state index is 0.0135. The maximum Gasteiger partial charge on any atom is 0.0778 e. The van der Waals surface area contributed by atoms with Crippen molar-refractivity contribution in [3.8, 4) is 0 Å². The van der Waals surface area contributed by atoms with Crippen LogP contribution in [0.15, 0.2) is 0 Å². The molecule has 2 nitrogen and oxygen atoms in total. The van der Waals surface area contributed by atoms with Gasteiger partial charge in [0, 0.05) is 19.6 Å². The molecule has 1 rings (SSSR count). The smallest absolute Gasteiger partial charge is 0.0778 e. The number of ether oxygens (including phenoxy) is 2. The molecule has 3 atom stereocenters. The van der Waals surface area contributed by atoms with Gasteiger partial charge in [-0.05, 0) is 56.3 Å². The lowest BCUT2D eigenvalue weighted by Gasteiger charge is -2.49. The summed E-state index contributed by atoms with van der Waals surface area (Å²) in [6.07, 6.45) is 6.19. The van der Waals surface area contributed by atoms with Crippen LogP contribution in [0.2, 0.25) is 0 Å². The van der Waals surface area contributed by atoms with Crippen LogP contribution in [0.5, 0.6) is 0 Å². The van der Waals surface area contributed by atoms with Crippen LogP contribution in [0.1, 0.15) is 59.8 Å². The summed E-state index contributed by atoms with van der Waals surface area (Å²) < 4.78 is 11.4. The predicted molar refractivity (Wildman–Crippen MR) is 107 cm³/mol. The van der Waals surface area contributed by atoms with Crippen molar-refractivity contribution in [3.63, 3.8) is 0 Å². The van der Waals surface area contributed by atoms with E-state index in [0.29, 0.717) is 5.92 Å². The Hall–Kier alpha value is 0.880. The monoisotopic (exact) mass is 454 g/mol. The van der Waals surface area contributed by atoms with Crippen molar-refractivity contribution in [2.45, 2.75) is 63.0 Å². The number of methoxy groups -OCH3 is 2. The zero-order valence-electron chi connectivity index (χ0n) is 15.8. The highest BCUT2D eigenvalue weighted by atomic mass is 79.9. The summed E-state index contributed by atoms with van der Waals surface area (Å²) in [5, 5.41) is 0. The molecule has 0 amide bonds. The Kier molecular flexibility index (Phi) is 9.10. The molecule has 1 aliphatic rings. The van der Waals surface area contributed by atoms with Crippen LogP contribution in [0, 0.1) is 29.1 Å². The molecule has 4 heteroatoms. The molecule has 138 valence electrons. The maximum atomic E-state index is 5.73. The molecule has 0 saturated heterocycles. The van der Waals surface area contributed by atoms with Crippen LogP contribution in [-0.4, -0.2) is 30.7 Å². The first-order valence-corrected chi connectivity index (χ1v) is 10.6. The van der Waals surface area contributed by atoms with Crippen LogP contribution in [-0.2, 0) is 9.47 Å². The fraction of sp³-hybridized carbons (Fsp3) is 1.00. The molecule has 0 aromatic heterocycles. The number of halogens is 2. The highest BCUT2D eigenvalue weighted by Crippen LogP contribution is 2.51. The van der Waals surface area contributed by atoms with Crippen molar-refractivity contribution in [2.75, 3.05) is 27.4 Å². The van der Waals surface area contributed by atoms with Gasteiger partial charge in [-0.15, -0.1) is 0 Å². The van der Waals surface area contributed by atoms with Gasteiger partial charge in [-0.25, -0.2) is 0 Å². The van der Waals surface area contributed by atoms with E-state index in [1.807, 2.05) is 14.2 Å². The maximum absolute atomic E-state index is 5.73. The molecular formula is C19H36Br2O2. The molecule has 3 unspecified atom stereocenters. The first-order chi connectivity index (χ1) is 10.6. The third-order valence-corrected chi connectivity index (χ3v) is 6.53. The molecule has 0 aromatic carbocycles. The van der Waals surface area contributed by atoms with Gasteiger partial charge in [0.25, 0.3) is 0 Å². The summed E-state index contributed by atoms with van der Waals surface area (Å²) in [4.78, 5) is 0. The van der Waals surface area contributed by atoms with Gasteiger partial charge >= 0.3 is 0 Å². The highest BCUT2D eigenvalue weighted by molar-refractivity contribution is 9.25. The lowest BCUT2D eigenvalue weighted by atomic mass is 9.58. The summed E-state index contributed by atoms with van der Waals surface area (Å²) in [6.45, 7) is 10.9. The van der Waals surface area contributed by atoms with Gasteiger partial charge < -0.3 is 9.47 Å². The zero-order chi connectivity index (χ0) is 17.7. The van der Waals surface area contributed by atoms with Crippen LogP contribution >= 0.6 is 31.9 Å². The second-order valence-electron chi connectivity index (χ2n) is 8.23. The highest BCUT2D eigenvalue weighted by Gasteiger charge is 2.46.